The number of likely N-dealkylation sites (tertiary alicyclic amines) is 1. The van der Waals surface area contributed by atoms with Gasteiger partial charge >= 0.3 is 0 Å². The van der Waals surface area contributed by atoms with Crippen molar-refractivity contribution < 1.29 is 9.59 Å². The zero-order chi connectivity index (χ0) is 20.1. The van der Waals surface area contributed by atoms with E-state index in [1.807, 2.05) is 19.0 Å². The van der Waals surface area contributed by atoms with Crippen LogP contribution in [-0.2, 0) is 9.59 Å². The monoisotopic (exact) mass is 391 g/mol. The molecule has 0 spiro atoms. The fourth-order valence-corrected chi connectivity index (χ4v) is 5.14. The van der Waals surface area contributed by atoms with Gasteiger partial charge in [0.1, 0.15) is 0 Å². The molecule has 0 aromatic heterocycles. The maximum absolute atomic E-state index is 12.7. The third kappa shape index (κ3) is 4.61. The molecule has 28 heavy (non-hydrogen) atoms. The van der Waals surface area contributed by atoms with Crippen LogP contribution in [0.4, 0.5) is 0 Å². The summed E-state index contributed by atoms with van der Waals surface area (Å²) < 4.78 is 0. The minimum atomic E-state index is -0.318. The predicted molar refractivity (Wildman–Crippen MR) is 111 cm³/mol. The summed E-state index contributed by atoms with van der Waals surface area (Å²) in [6.45, 7) is 2.19. The third-order valence-corrected chi connectivity index (χ3v) is 6.78. The van der Waals surface area contributed by atoms with E-state index >= 15 is 0 Å². The fraction of sp³-hybridized carbons (Fsp3) is 0.857. The lowest BCUT2D eigenvalue weighted by atomic mass is 9.84. The summed E-state index contributed by atoms with van der Waals surface area (Å²) in [7, 11) is 5.44. The highest BCUT2D eigenvalue weighted by Gasteiger charge is 2.42. The van der Waals surface area contributed by atoms with Gasteiger partial charge in [-0.1, -0.05) is 25.7 Å². The number of nitrogens with one attached hydrogen (secondary N) is 2. The van der Waals surface area contributed by atoms with Gasteiger partial charge in [-0.2, -0.15) is 0 Å². The lowest BCUT2D eigenvalue weighted by Crippen LogP contribution is -2.51. The Bertz CT molecular complexity index is 592. The Labute approximate surface area is 169 Å². The zero-order valence-electron chi connectivity index (χ0n) is 17.8. The summed E-state index contributed by atoms with van der Waals surface area (Å²) in [5.41, 5.74) is -0.318. The van der Waals surface area contributed by atoms with Crippen LogP contribution in [0.25, 0.3) is 0 Å². The van der Waals surface area contributed by atoms with Crippen LogP contribution in [0.1, 0.15) is 57.8 Å². The first-order valence-electron chi connectivity index (χ1n) is 10.9. The molecule has 3 rings (SSSR count). The topological polar surface area (TPSA) is 77.0 Å². The van der Waals surface area contributed by atoms with Crippen molar-refractivity contribution in [3.63, 3.8) is 0 Å². The van der Waals surface area contributed by atoms with E-state index in [2.05, 4.69) is 15.6 Å². The van der Waals surface area contributed by atoms with Crippen molar-refractivity contribution in [3.8, 4) is 0 Å². The van der Waals surface area contributed by atoms with Crippen LogP contribution in [0.15, 0.2) is 4.99 Å². The molecule has 2 aliphatic carbocycles. The van der Waals surface area contributed by atoms with Gasteiger partial charge in [0, 0.05) is 52.7 Å². The number of amides is 2. The van der Waals surface area contributed by atoms with Crippen molar-refractivity contribution in [2.45, 2.75) is 63.8 Å². The number of rotatable bonds is 5. The molecule has 2 amide bonds. The zero-order valence-corrected chi connectivity index (χ0v) is 17.8. The molecule has 0 bridgehead atoms. The van der Waals surface area contributed by atoms with Crippen molar-refractivity contribution in [1.29, 1.82) is 0 Å². The molecule has 2 N–H and O–H groups in total. The molecule has 158 valence electrons. The summed E-state index contributed by atoms with van der Waals surface area (Å²) in [5.74, 6) is 1.53. The van der Waals surface area contributed by atoms with E-state index in [0.717, 1.165) is 64.0 Å². The Morgan fingerprint density at radius 2 is 1.79 bits per heavy atom. The SMILES string of the molecule is CN=C(NCC1(C(=O)N(C)C)CCCC1)NC1CCN(C(=O)C2CCCC2)C1. The van der Waals surface area contributed by atoms with Crippen molar-refractivity contribution in [1.82, 2.24) is 20.4 Å². The molecular weight excluding hydrogens is 354 g/mol. The van der Waals surface area contributed by atoms with Crippen molar-refractivity contribution in [3.05, 3.63) is 0 Å². The van der Waals surface area contributed by atoms with Gasteiger partial charge in [-0.15, -0.1) is 0 Å². The number of guanidine groups is 1. The van der Waals surface area contributed by atoms with Crippen molar-refractivity contribution in [2.24, 2.45) is 16.3 Å². The number of carbonyl (C=O) groups excluding carboxylic acids is 2. The number of hydrogen-bond donors (Lipinski definition) is 2. The summed E-state index contributed by atoms with van der Waals surface area (Å²) >= 11 is 0. The predicted octanol–water partition coefficient (Wildman–Crippen LogP) is 1.59. The van der Waals surface area contributed by atoms with E-state index in [-0.39, 0.29) is 23.3 Å². The maximum Gasteiger partial charge on any atom is 0.230 e. The van der Waals surface area contributed by atoms with Crippen LogP contribution in [0, 0.1) is 11.3 Å². The first-order chi connectivity index (χ1) is 13.4. The van der Waals surface area contributed by atoms with Gasteiger partial charge in [0.05, 0.1) is 5.41 Å². The van der Waals surface area contributed by atoms with Gasteiger partial charge in [-0.25, -0.2) is 0 Å². The third-order valence-electron chi connectivity index (χ3n) is 6.78. The molecule has 7 heteroatoms. The lowest BCUT2D eigenvalue weighted by molar-refractivity contribution is -0.139. The van der Waals surface area contributed by atoms with E-state index in [0.29, 0.717) is 12.5 Å². The average Bonchev–Trinajstić information content (AvgIpc) is 3.46. The van der Waals surface area contributed by atoms with Crippen LogP contribution in [0.3, 0.4) is 0 Å². The second-order valence-corrected chi connectivity index (χ2v) is 9.01. The summed E-state index contributed by atoms with van der Waals surface area (Å²) in [6.07, 6.45) is 9.51. The summed E-state index contributed by atoms with van der Waals surface area (Å²) in [4.78, 5) is 33.5. The summed E-state index contributed by atoms with van der Waals surface area (Å²) in [5, 5.41) is 6.87. The number of hydrogen-bond acceptors (Lipinski definition) is 3. The maximum atomic E-state index is 12.7. The standard InChI is InChI=1S/C21H37N5O2/c1-22-20(23-15-21(11-6-7-12-21)19(28)25(2)3)24-17-10-13-26(14-17)18(27)16-8-4-5-9-16/h16-17H,4-15H2,1-3H3,(H2,22,23,24). The number of carbonyl (C=O) groups is 2. The summed E-state index contributed by atoms with van der Waals surface area (Å²) in [6, 6.07) is 0.223. The minimum Gasteiger partial charge on any atom is -0.355 e. The van der Waals surface area contributed by atoms with E-state index < -0.39 is 0 Å². The Morgan fingerprint density at radius 3 is 2.39 bits per heavy atom. The van der Waals surface area contributed by atoms with Gasteiger partial charge in [-0.05, 0) is 32.1 Å². The van der Waals surface area contributed by atoms with Crippen LogP contribution >= 0.6 is 0 Å². The Kier molecular flexibility index (Phi) is 6.83. The van der Waals surface area contributed by atoms with E-state index in [9.17, 15) is 9.59 Å². The minimum absolute atomic E-state index is 0.210. The highest BCUT2D eigenvalue weighted by molar-refractivity contribution is 5.85. The van der Waals surface area contributed by atoms with Crippen LogP contribution in [0.5, 0.6) is 0 Å². The molecule has 3 aliphatic rings. The molecule has 0 aromatic rings. The Balaban J connectivity index is 1.51. The molecule has 0 aromatic carbocycles. The van der Waals surface area contributed by atoms with Crippen LogP contribution in [0.2, 0.25) is 0 Å². The van der Waals surface area contributed by atoms with Gasteiger partial charge in [-0.3, -0.25) is 14.6 Å². The highest BCUT2D eigenvalue weighted by atomic mass is 16.2. The molecular formula is C21H37N5O2. The quantitative estimate of drug-likeness (QED) is 0.551. The molecule has 1 saturated heterocycles. The molecule has 0 radical (unpaired) electrons. The van der Waals surface area contributed by atoms with Crippen LogP contribution < -0.4 is 10.6 Å². The Morgan fingerprint density at radius 1 is 1.11 bits per heavy atom. The van der Waals surface area contributed by atoms with E-state index in [4.69, 9.17) is 0 Å². The van der Waals surface area contributed by atoms with Gasteiger partial charge in [0.25, 0.3) is 0 Å². The molecule has 3 fully saturated rings. The largest absolute Gasteiger partial charge is 0.355 e. The van der Waals surface area contributed by atoms with Gasteiger partial charge in [0.15, 0.2) is 5.96 Å². The number of nitrogens with zero attached hydrogens (tertiary/aromatic N) is 3. The molecule has 1 aliphatic heterocycles. The first kappa shape index (κ1) is 20.9. The molecule has 1 unspecified atom stereocenters. The molecule has 2 saturated carbocycles. The average molecular weight is 392 g/mol. The van der Waals surface area contributed by atoms with E-state index in [1.54, 1.807) is 11.9 Å². The van der Waals surface area contributed by atoms with Gasteiger partial charge < -0.3 is 20.4 Å². The molecule has 1 heterocycles. The normalized spacial score (nSPS) is 25.2. The molecule has 7 nitrogen and oxygen atoms in total. The second-order valence-electron chi connectivity index (χ2n) is 9.01. The van der Waals surface area contributed by atoms with Gasteiger partial charge in [0.2, 0.25) is 11.8 Å². The molecule has 1 atom stereocenters. The Hall–Kier alpha value is -1.79. The second kappa shape index (κ2) is 9.14. The fourth-order valence-electron chi connectivity index (χ4n) is 5.14. The van der Waals surface area contributed by atoms with Crippen molar-refractivity contribution in [2.75, 3.05) is 40.8 Å². The smallest absolute Gasteiger partial charge is 0.230 e. The number of aliphatic imine (C=N–C) groups is 1. The lowest BCUT2D eigenvalue weighted by Gasteiger charge is -2.31. The van der Waals surface area contributed by atoms with E-state index in [1.165, 1.54) is 12.8 Å². The first-order valence-corrected chi connectivity index (χ1v) is 10.9. The van der Waals surface area contributed by atoms with Crippen LogP contribution in [-0.4, -0.2) is 74.4 Å². The van der Waals surface area contributed by atoms with Crippen molar-refractivity contribution >= 4 is 17.8 Å². The highest BCUT2D eigenvalue weighted by Crippen LogP contribution is 2.38.